The van der Waals surface area contributed by atoms with Crippen LogP contribution in [0.4, 0.5) is 5.13 Å². The molecule has 0 amide bonds. The SMILES string of the molecule is CCCC1CCCCN1c1nc(C(=O)CCl)cs1. The number of Topliss-reactive ketones (excluding diaryl/α,β-unsaturated/α-hetero) is 1. The molecule has 0 radical (unpaired) electrons. The summed E-state index contributed by atoms with van der Waals surface area (Å²) in [5.74, 6) is -0.0649. The minimum absolute atomic E-state index is 0.0154. The molecule has 2 heterocycles. The van der Waals surface area contributed by atoms with Crippen LogP contribution in [0, 0.1) is 0 Å². The number of alkyl halides is 1. The smallest absolute Gasteiger partial charge is 0.196 e. The Bertz CT molecular complexity index is 405. The maximum Gasteiger partial charge on any atom is 0.196 e. The molecular weight excluding hydrogens is 268 g/mol. The lowest BCUT2D eigenvalue weighted by Crippen LogP contribution is -2.39. The van der Waals surface area contributed by atoms with E-state index in [9.17, 15) is 4.79 Å². The summed E-state index contributed by atoms with van der Waals surface area (Å²) in [6, 6.07) is 0.592. The van der Waals surface area contributed by atoms with E-state index in [0.717, 1.165) is 11.7 Å². The molecule has 5 heteroatoms. The molecule has 1 atom stereocenters. The molecule has 0 spiro atoms. The predicted molar refractivity (Wildman–Crippen MR) is 77.1 cm³/mol. The van der Waals surface area contributed by atoms with Crippen LogP contribution in [0.1, 0.15) is 49.5 Å². The quantitative estimate of drug-likeness (QED) is 0.611. The molecular formula is C13H19ClN2OS. The minimum atomic E-state index is -0.0804. The van der Waals surface area contributed by atoms with E-state index in [2.05, 4.69) is 16.8 Å². The number of rotatable bonds is 5. The van der Waals surface area contributed by atoms with Gasteiger partial charge in [0.05, 0.1) is 5.88 Å². The molecule has 1 aromatic rings. The van der Waals surface area contributed by atoms with Gasteiger partial charge in [-0.15, -0.1) is 22.9 Å². The fourth-order valence-electron chi connectivity index (χ4n) is 2.48. The number of hydrogen-bond acceptors (Lipinski definition) is 4. The summed E-state index contributed by atoms with van der Waals surface area (Å²) in [6.07, 6.45) is 6.17. The Morgan fingerprint density at radius 3 is 3.17 bits per heavy atom. The Morgan fingerprint density at radius 1 is 1.61 bits per heavy atom. The van der Waals surface area contributed by atoms with E-state index in [4.69, 9.17) is 11.6 Å². The van der Waals surface area contributed by atoms with Crippen molar-refractivity contribution < 1.29 is 4.79 Å². The highest BCUT2D eigenvalue weighted by molar-refractivity contribution is 7.14. The lowest BCUT2D eigenvalue weighted by atomic mass is 9.99. The van der Waals surface area contributed by atoms with E-state index in [1.165, 1.54) is 32.1 Å². The average molecular weight is 287 g/mol. The van der Waals surface area contributed by atoms with Gasteiger partial charge in [-0.1, -0.05) is 13.3 Å². The van der Waals surface area contributed by atoms with Crippen molar-refractivity contribution in [2.45, 2.75) is 45.1 Å². The largest absolute Gasteiger partial charge is 0.345 e. The predicted octanol–water partition coefficient (Wildman–Crippen LogP) is 3.72. The van der Waals surface area contributed by atoms with E-state index in [1.54, 1.807) is 11.3 Å². The van der Waals surface area contributed by atoms with Gasteiger partial charge in [0.15, 0.2) is 10.9 Å². The first-order valence-electron chi connectivity index (χ1n) is 6.57. The van der Waals surface area contributed by atoms with Gasteiger partial charge >= 0.3 is 0 Å². The zero-order chi connectivity index (χ0) is 13.0. The highest BCUT2D eigenvalue weighted by Gasteiger charge is 2.24. The monoisotopic (exact) mass is 286 g/mol. The number of ketones is 1. The molecule has 100 valence electrons. The van der Waals surface area contributed by atoms with Crippen LogP contribution < -0.4 is 4.90 Å². The highest BCUT2D eigenvalue weighted by atomic mass is 35.5. The zero-order valence-corrected chi connectivity index (χ0v) is 12.3. The van der Waals surface area contributed by atoms with Gasteiger partial charge in [-0.3, -0.25) is 4.79 Å². The summed E-state index contributed by atoms with van der Waals surface area (Å²) in [7, 11) is 0. The number of carbonyl (C=O) groups is 1. The van der Waals surface area contributed by atoms with Gasteiger partial charge in [0.25, 0.3) is 0 Å². The van der Waals surface area contributed by atoms with Gasteiger partial charge in [-0.25, -0.2) is 4.98 Å². The van der Waals surface area contributed by atoms with E-state index in [-0.39, 0.29) is 11.7 Å². The number of nitrogens with zero attached hydrogens (tertiary/aromatic N) is 2. The number of thiazole rings is 1. The average Bonchev–Trinajstić information content (AvgIpc) is 2.88. The second-order valence-corrected chi connectivity index (χ2v) is 5.81. The lowest BCUT2D eigenvalue weighted by Gasteiger charge is -2.35. The molecule has 0 N–H and O–H groups in total. The van der Waals surface area contributed by atoms with Gasteiger partial charge in [0, 0.05) is 18.0 Å². The Hall–Kier alpha value is -0.610. The van der Waals surface area contributed by atoms with Crippen LogP contribution in [-0.2, 0) is 0 Å². The fraction of sp³-hybridized carbons (Fsp3) is 0.692. The molecule has 1 aliphatic rings. The zero-order valence-electron chi connectivity index (χ0n) is 10.7. The number of halogens is 1. The molecule has 3 nitrogen and oxygen atoms in total. The van der Waals surface area contributed by atoms with Gasteiger partial charge in [0.2, 0.25) is 0 Å². The van der Waals surface area contributed by atoms with Crippen LogP contribution in [-0.4, -0.2) is 29.2 Å². The summed E-state index contributed by atoms with van der Waals surface area (Å²) >= 11 is 7.13. The minimum Gasteiger partial charge on any atom is -0.345 e. The van der Waals surface area contributed by atoms with Crippen molar-refractivity contribution in [3.05, 3.63) is 11.1 Å². The van der Waals surface area contributed by atoms with Gasteiger partial charge in [-0.2, -0.15) is 0 Å². The van der Waals surface area contributed by atoms with Crippen molar-refractivity contribution >= 4 is 33.9 Å². The first-order valence-corrected chi connectivity index (χ1v) is 7.99. The molecule has 18 heavy (non-hydrogen) atoms. The van der Waals surface area contributed by atoms with Crippen molar-refractivity contribution in [2.75, 3.05) is 17.3 Å². The van der Waals surface area contributed by atoms with Gasteiger partial charge < -0.3 is 4.90 Å². The maximum atomic E-state index is 11.5. The van der Waals surface area contributed by atoms with Gasteiger partial charge in [0.1, 0.15) is 5.69 Å². The van der Waals surface area contributed by atoms with E-state index >= 15 is 0 Å². The van der Waals surface area contributed by atoms with E-state index in [1.807, 2.05) is 5.38 Å². The third kappa shape index (κ3) is 3.04. The van der Waals surface area contributed by atoms with Crippen molar-refractivity contribution in [1.82, 2.24) is 4.98 Å². The Balaban J connectivity index is 2.12. The van der Waals surface area contributed by atoms with Crippen molar-refractivity contribution in [3.63, 3.8) is 0 Å². The van der Waals surface area contributed by atoms with Gasteiger partial charge in [-0.05, 0) is 25.7 Å². The number of anilines is 1. The number of hydrogen-bond donors (Lipinski definition) is 0. The molecule has 2 rings (SSSR count). The van der Waals surface area contributed by atoms with E-state index in [0.29, 0.717) is 11.7 Å². The van der Waals surface area contributed by atoms with Crippen LogP contribution in [0.3, 0.4) is 0 Å². The molecule has 1 saturated heterocycles. The Labute approximate surface area is 117 Å². The van der Waals surface area contributed by atoms with Crippen molar-refractivity contribution in [3.8, 4) is 0 Å². The number of aromatic nitrogens is 1. The van der Waals surface area contributed by atoms with Crippen LogP contribution in [0.25, 0.3) is 0 Å². The van der Waals surface area contributed by atoms with Crippen molar-refractivity contribution in [1.29, 1.82) is 0 Å². The van der Waals surface area contributed by atoms with Crippen LogP contribution in [0.2, 0.25) is 0 Å². The van der Waals surface area contributed by atoms with Crippen LogP contribution in [0.15, 0.2) is 5.38 Å². The number of carbonyl (C=O) groups excluding carboxylic acids is 1. The molecule has 0 aromatic carbocycles. The molecule has 0 aliphatic carbocycles. The molecule has 0 saturated carbocycles. The van der Waals surface area contributed by atoms with Crippen LogP contribution in [0.5, 0.6) is 0 Å². The second-order valence-electron chi connectivity index (χ2n) is 4.70. The molecule has 1 aliphatic heterocycles. The fourth-order valence-corrected chi connectivity index (χ4v) is 3.54. The first kappa shape index (κ1) is 13.8. The summed E-state index contributed by atoms with van der Waals surface area (Å²) in [5, 5.41) is 2.82. The van der Waals surface area contributed by atoms with E-state index < -0.39 is 0 Å². The molecule has 1 unspecified atom stereocenters. The maximum absolute atomic E-state index is 11.5. The summed E-state index contributed by atoms with van der Waals surface area (Å²) in [4.78, 5) is 18.3. The topological polar surface area (TPSA) is 33.2 Å². The Kier molecular flexibility index (Phi) is 5.01. The highest BCUT2D eigenvalue weighted by Crippen LogP contribution is 2.29. The third-order valence-electron chi connectivity index (χ3n) is 3.39. The first-order chi connectivity index (χ1) is 8.76. The third-order valence-corrected chi connectivity index (χ3v) is 4.51. The lowest BCUT2D eigenvalue weighted by molar-refractivity contribution is 0.101. The number of piperidine rings is 1. The summed E-state index contributed by atoms with van der Waals surface area (Å²) in [5.41, 5.74) is 0.519. The normalized spacial score (nSPS) is 20.1. The summed E-state index contributed by atoms with van der Waals surface area (Å²) in [6.45, 7) is 3.28. The second kappa shape index (κ2) is 6.53. The molecule has 0 bridgehead atoms. The molecule has 1 fully saturated rings. The Morgan fingerprint density at radius 2 is 2.44 bits per heavy atom. The standard InChI is InChI=1S/C13H19ClN2OS/c1-2-5-10-6-3-4-7-16(10)13-15-11(9-18-13)12(17)8-14/h9-10H,2-8H2,1H3. The molecule has 1 aromatic heterocycles. The van der Waals surface area contributed by atoms with Crippen LogP contribution >= 0.6 is 22.9 Å². The van der Waals surface area contributed by atoms with Crippen molar-refractivity contribution in [2.24, 2.45) is 0 Å². The summed E-state index contributed by atoms with van der Waals surface area (Å²) < 4.78 is 0.